The minimum absolute atomic E-state index is 0.105. The molecule has 10 heavy (non-hydrogen) atoms. The van der Waals surface area contributed by atoms with Crippen LogP contribution in [-0.4, -0.2) is 16.9 Å². The molecule has 0 aromatic heterocycles. The Morgan fingerprint density at radius 3 is 2.80 bits per heavy atom. The lowest BCUT2D eigenvalue weighted by molar-refractivity contribution is -0.113. The van der Waals surface area contributed by atoms with Crippen LogP contribution in [-0.2, 0) is 4.79 Å². The molecule has 0 unspecified atom stereocenters. The van der Waals surface area contributed by atoms with Gasteiger partial charge in [0, 0.05) is 11.6 Å². The smallest absolute Gasteiger partial charge is 0.273 e. The predicted octanol–water partition coefficient (Wildman–Crippen LogP) is 1.21. The van der Waals surface area contributed by atoms with Crippen molar-refractivity contribution >= 4 is 11.8 Å². The van der Waals surface area contributed by atoms with E-state index in [2.05, 4.69) is 4.99 Å². The molecule has 0 saturated carbocycles. The van der Waals surface area contributed by atoms with E-state index in [1.807, 2.05) is 6.92 Å². The van der Waals surface area contributed by atoms with Gasteiger partial charge in [0.15, 0.2) is 0 Å². The standard InChI is InChI=1S/C7H9NO2/c1-2-3-5-4-6(9)8-7(5)10/h4H,2-3H2,1H3,(H,8,9,10). The van der Waals surface area contributed by atoms with E-state index < -0.39 is 0 Å². The zero-order valence-corrected chi connectivity index (χ0v) is 5.79. The van der Waals surface area contributed by atoms with Gasteiger partial charge in [-0.1, -0.05) is 13.3 Å². The molecule has 0 aromatic carbocycles. The summed E-state index contributed by atoms with van der Waals surface area (Å²) >= 11 is 0. The second kappa shape index (κ2) is 2.64. The van der Waals surface area contributed by atoms with Gasteiger partial charge in [-0.25, -0.2) is 0 Å². The van der Waals surface area contributed by atoms with Crippen molar-refractivity contribution in [2.45, 2.75) is 19.8 Å². The lowest BCUT2D eigenvalue weighted by atomic mass is 10.1. The van der Waals surface area contributed by atoms with Gasteiger partial charge in [-0.2, -0.15) is 4.99 Å². The Balaban J connectivity index is 2.70. The van der Waals surface area contributed by atoms with Gasteiger partial charge in [-0.15, -0.1) is 0 Å². The molecular formula is C7H9NO2. The molecule has 0 bridgehead atoms. The largest absolute Gasteiger partial charge is 0.493 e. The average Bonchev–Trinajstić information content (AvgIpc) is 2.13. The maximum atomic E-state index is 10.5. The predicted molar refractivity (Wildman–Crippen MR) is 38.1 cm³/mol. The van der Waals surface area contributed by atoms with Crippen molar-refractivity contribution in [1.82, 2.24) is 0 Å². The maximum absolute atomic E-state index is 10.5. The number of hydrogen-bond acceptors (Lipinski definition) is 1. The van der Waals surface area contributed by atoms with Crippen LogP contribution in [0.1, 0.15) is 19.8 Å². The number of rotatable bonds is 2. The van der Waals surface area contributed by atoms with Gasteiger partial charge in [0.25, 0.3) is 5.91 Å². The quantitative estimate of drug-likeness (QED) is 0.625. The summed E-state index contributed by atoms with van der Waals surface area (Å²) in [6, 6.07) is 0. The monoisotopic (exact) mass is 139 g/mol. The van der Waals surface area contributed by atoms with Crippen LogP contribution in [0.5, 0.6) is 0 Å². The van der Waals surface area contributed by atoms with E-state index in [9.17, 15) is 4.79 Å². The lowest BCUT2D eigenvalue weighted by Gasteiger charge is -1.94. The van der Waals surface area contributed by atoms with Gasteiger partial charge < -0.3 is 5.11 Å². The van der Waals surface area contributed by atoms with Crippen LogP contribution in [0, 0.1) is 0 Å². The van der Waals surface area contributed by atoms with Crippen LogP contribution in [0.15, 0.2) is 16.6 Å². The summed E-state index contributed by atoms with van der Waals surface area (Å²) in [5, 5.41) is 8.95. The summed E-state index contributed by atoms with van der Waals surface area (Å²) in [5.41, 5.74) is 0.660. The Morgan fingerprint density at radius 2 is 2.40 bits per heavy atom. The fraction of sp³-hybridized carbons (Fsp3) is 0.429. The van der Waals surface area contributed by atoms with E-state index >= 15 is 0 Å². The first kappa shape index (κ1) is 6.99. The minimum Gasteiger partial charge on any atom is -0.493 e. The van der Waals surface area contributed by atoms with Gasteiger partial charge in [0.2, 0.25) is 5.90 Å². The fourth-order valence-electron chi connectivity index (χ4n) is 0.875. The molecule has 0 fully saturated rings. The summed E-state index contributed by atoms with van der Waals surface area (Å²) in [6.45, 7) is 1.98. The molecule has 0 aliphatic carbocycles. The number of aliphatic imine (C=N–C) groups is 1. The highest BCUT2D eigenvalue weighted by atomic mass is 16.3. The normalized spacial score (nSPS) is 17.1. The molecule has 0 spiro atoms. The minimum atomic E-state index is -0.346. The lowest BCUT2D eigenvalue weighted by Crippen LogP contribution is -1.95. The van der Waals surface area contributed by atoms with Gasteiger partial charge in [0.05, 0.1) is 0 Å². The van der Waals surface area contributed by atoms with E-state index in [0.29, 0.717) is 5.57 Å². The summed E-state index contributed by atoms with van der Waals surface area (Å²) in [4.78, 5) is 13.8. The van der Waals surface area contributed by atoms with E-state index in [0.717, 1.165) is 12.8 Å². The Kier molecular flexibility index (Phi) is 1.85. The van der Waals surface area contributed by atoms with Crippen molar-refractivity contribution in [2.75, 3.05) is 0 Å². The third-order valence-electron chi connectivity index (χ3n) is 1.32. The molecule has 0 radical (unpaired) electrons. The molecule has 3 nitrogen and oxygen atoms in total. The Hall–Kier alpha value is -1.12. The Bertz CT molecular complexity index is 216. The first-order valence-corrected chi connectivity index (χ1v) is 3.26. The van der Waals surface area contributed by atoms with Crippen molar-refractivity contribution in [3.05, 3.63) is 11.6 Å². The highest BCUT2D eigenvalue weighted by Gasteiger charge is 2.14. The zero-order valence-electron chi connectivity index (χ0n) is 5.79. The van der Waals surface area contributed by atoms with E-state index in [1.54, 1.807) is 0 Å². The van der Waals surface area contributed by atoms with Crippen LogP contribution in [0.3, 0.4) is 0 Å². The van der Waals surface area contributed by atoms with Crippen molar-refractivity contribution in [3.8, 4) is 0 Å². The number of carbonyl (C=O) groups excluding carboxylic acids is 1. The third-order valence-corrected chi connectivity index (χ3v) is 1.32. The molecule has 1 aliphatic rings. The SMILES string of the molecule is CCCC1=CC(=O)N=C1O. The number of hydrogen-bond donors (Lipinski definition) is 1. The maximum Gasteiger partial charge on any atom is 0.273 e. The number of amides is 1. The fourth-order valence-corrected chi connectivity index (χ4v) is 0.875. The van der Waals surface area contributed by atoms with Crippen molar-refractivity contribution < 1.29 is 9.90 Å². The summed E-state index contributed by atoms with van der Waals surface area (Å²) < 4.78 is 0. The molecule has 1 amide bonds. The van der Waals surface area contributed by atoms with Crippen LogP contribution < -0.4 is 0 Å². The first-order valence-electron chi connectivity index (χ1n) is 3.26. The first-order chi connectivity index (χ1) is 4.74. The summed E-state index contributed by atoms with van der Waals surface area (Å²) in [6.07, 6.45) is 3.01. The highest BCUT2D eigenvalue weighted by molar-refractivity contribution is 6.12. The average molecular weight is 139 g/mol. The van der Waals surface area contributed by atoms with Gasteiger partial charge >= 0.3 is 0 Å². The molecule has 3 heteroatoms. The highest BCUT2D eigenvalue weighted by Crippen LogP contribution is 2.11. The number of aliphatic hydroxyl groups excluding tert-OH is 1. The molecule has 54 valence electrons. The Morgan fingerprint density at radius 1 is 1.70 bits per heavy atom. The van der Waals surface area contributed by atoms with Gasteiger partial charge in [-0.3, -0.25) is 4.79 Å². The molecule has 1 heterocycles. The molecule has 1 N–H and O–H groups in total. The van der Waals surface area contributed by atoms with E-state index in [1.165, 1.54) is 6.08 Å². The van der Waals surface area contributed by atoms with Crippen LogP contribution >= 0.6 is 0 Å². The van der Waals surface area contributed by atoms with Crippen molar-refractivity contribution in [2.24, 2.45) is 4.99 Å². The second-order valence-corrected chi connectivity index (χ2v) is 2.19. The van der Waals surface area contributed by atoms with Crippen molar-refractivity contribution in [1.29, 1.82) is 0 Å². The molecule has 1 aliphatic heterocycles. The topological polar surface area (TPSA) is 49.7 Å². The molecular weight excluding hydrogens is 130 g/mol. The molecule has 0 atom stereocenters. The summed E-state index contributed by atoms with van der Waals surface area (Å²) in [7, 11) is 0. The third kappa shape index (κ3) is 1.23. The van der Waals surface area contributed by atoms with E-state index in [4.69, 9.17) is 5.11 Å². The molecule has 0 saturated heterocycles. The zero-order chi connectivity index (χ0) is 7.56. The second-order valence-electron chi connectivity index (χ2n) is 2.19. The molecule has 0 aromatic rings. The van der Waals surface area contributed by atoms with E-state index in [-0.39, 0.29) is 11.8 Å². The van der Waals surface area contributed by atoms with Crippen LogP contribution in [0.4, 0.5) is 0 Å². The van der Waals surface area contributed by atoms with Crippen molar-refractivity contribution in [3.63, 3.8) is 0 Å². The van der Waals surface area contributed by atoms with Gasteiger partial charge in [-0.05, 0) is 6.42 Å². The molecule has 1 rings (SSSR count). The van der Waals surface area contributed by atoms with Gasteiger partial charge in [0.1, 0.15) is 0 Å². The number of carbonyl (C=O) groups is 1. The Labute approximate surface area is 59.1 Å². The number of aliphatic hydroxyl groups is 1. The summed E-state index contributed by atoms with van der Waals surface area (Å²) in [5.74, 6) is -0.451. The number of nitrogens with zero attached hydrogens (tertiary/aromatic N) is 1. The van der Waals surface area contributed by atoms with Crippen LogP contribution in [0.2, 0.25) is 0 Å². The van der Waals surface area contributed by atoms with Crippen LogP contribution in [0.25, 0.3) is 0 Å².